The Labute approximate surface area is 134 Å². The molecule has 3 aromatic rings. The van der Waals surface area contributed by atoms with Crippen molar-refractivity contribution >= 4 is 28.1 Å². The summed E-state index contributed by atoms with van der Waals surface area (Å²) in [5.41, 5.74) is 1.86. The van der Waals surface area contributed by atoms with Gasteiger partial charge in [-0.3, -0.25) is 25.2 Å². The van der Waals surface area contributed by atoms with E-state index in [0.29, 0.717) is 16.4 Å². The van der Waals surface area contributed by atoms with Crippen molar-refractivity contribution < 1.29 is 9.72 Å². The average molecular weight is 326 g/mol. The third kappa shape index (κ3) is 3.38. The maximum absolute atomic E-state index is 12.0. The first kappa shape index (κ1) is 14.8. The summed E-state index contributed by atoms with van der Waals surface area (Å²) in [6, 6.07) is 9.43. The maximum Gasteiger partial charge on any atom is 0.269 e. The Morgan fingerprint density at radius 3 is 2.65 bits per heavy atom. The minimum absolute atomic E-state index is 0.0223. The fraction of sp³-hybridized carbons (Fsp3) is 0. The lowest BCUT2D eigenvalue weighted by molar-refractivity contribution is -0.384. The average Bonchev–Trinajstić information content (AvgIpc) is 3.04. The molecular weight excluding hydrogens is 316 g/mol. The minimum atomic E-state index is -0.454. The van der Waals surface area contributed by atoms with Crippen LogP contribution in [0.2, 0.25) is 0 Å². The maximum atomic E-state index is 12.0. The highest BCUT2D eigenvalue weighted by atomic mass is 32.1. The van der Waals surface area contributed by atoms with Gasteiger partial charge in [0.2, 0.25) is 0 Å². The van der Waals surface area contributed by atoms with E-state index in [1.165, 1.54) is 29.7 Å². The number of nitrogens with one attached hydrogen (secondary N) is 1. The van der Waals surface area contributed by atoms with Crippen molar-refractivity contribution in [2.24, 2.45) is 0 Å². The molecule has 7 nitrogen and oxygen atoms in total. The molecule has 0 radical (unpaired) electrons. The van der Waals surface area contributed by atoms with Gasteiger partial charge in [0.1, 0.15) is 0 Å². The molecule has 0 aliphatic heterocycles. The summed E-state index contributed by atoms with van der Waals surface area (Å²) in [6.45, 7) is 0. The zero-order valence-electron chi connectivity index (χ0n) is 11.7. The van der Waals surface area contributed by atoms with Gasteiger partial charge in [-0.2, -0.15) is 0 Å². The number of benzene rings is 1. The minimum Gasteiger partial charge on any atom is -0.298 e. The van der Waals surface area contributed by atoms with Crippen molar-refractivity contribution in [2.45, 2.75) is 0 Å². The molecule has 3 rings (SSSR count). The lowest BCUT2D eigenvalue weighted by Gasteiger charge is -2.00. The fourth-order valence-corrected chi connectivity index (χ4v) is 2.60. The number of rotatable bonds is 4. The van der Waals surface area contributed by atoms with Crippen LogP contribution in [-0.2, 0) is 0 Å². The smallest absolute Gasteiger partial charge is 0.269 e. The van der Waals surface area contributed by atoms with Gasteiger partial charge in [-0.1, -0.05) is 0 Å². The van der Waals surface area contributed by atoms with E-state index in [4.69, 9.17) is 0 Å². The number of non-ortho nitro benzene ring substituents is 1. The van der Waals surface area contributed by atoms with Gasteiger partial charge in [0.25, 0.3) is 11.6 Å². The van der Waals surface area contributed by atoms with E-state index >= 15 is 0 Å². The standard InChI is InChI=1S/C15H10N4O3S/c20-14(11-2-1-7-16-8-11)18-15-17-13(9-23-15)10-3-5-12(6-4-10)19(21)22/h1-9H,(H,17,18,20). The number of carbonyl (C=O) groups is 1. The SMILES string of the molecule is O=C(Nc1nc(-c2ccc([N+](=O)[O-])cc2)cs1)c1cccnc1. The Balaban J connectivity index is 1.75. The zero-order valence-corrected chi connectivity index (χ0v) is 12.5. The summed E-state index contributed by atoms with van der Waals surface area (Å²) in [7, 11) is 0. The number of amides is 1. The Morgan fingerprint density at radius 2 is 2.00 bits per heavy atom. The van der Waals surface area contributed by atoms with E-state index in [-0.39, 0.29) is 11.6 Å². The van der Waals surface area contributed by atoms with Gasteiger partial charge in [-0.25, -0.2) is 4.98 Å². The topological polar surface area (TPSA) is 98.0 Å². The largest absolute Gasteiger partial charge is 0.298 e. The van der Waals surface area contributed by atoms with Crippen molar-refractivity contribution in [1.29, 1.82) is 0 Å². The summed E-state index contributed by atoms with van der Waals surface area (Å²) in [5, 5.41) is 15.6. The van der Waals surface area contributed by atoms with E-state index in [0.717, 1.165) is 5.56 Å². The van der Waals surface area contributed by atoms with Crippen LogP contribution < -0.4 is 5.32 Å². The first-order chi connectivity index (χ1) is 11.1. The fourth-order valence-electron chi connectivity index (χ4n) is 1.88. The van der Waals surface area contributed by atoms with Crippen molar-refractivity contribution in [2.75, 3.05) is 5.32 Å². The monoisotopic (exact) mass is 326 g/mol. The lowest BCUT2D eigenvalue weighted by Crippen LogP contribution is -2.11. The summed E-state index contributed by atoms with van der Waals surface area (Å²) in [5.74, 6) is -0.289. The van der Waals surface area contributed by atoms with Crippen molar-refractivity contribution in [3.8, 4) is 11.3 Å². The van der Waals surface area contributed by atoms with Crippen LogP contribution in [0.1, 0.15) is 10.4 Å². The molecule has 114 valence electrons. The number of hydrogen-bond donors (Lipinski definition) is 1. The van der Waals surface area contributed by atoms with Crippen LogP contribution in [0.3, 0.4) is 0 Å². The number of pyridine rings is 1. The van der Waals surface area contributed by atoms with Crippen LogP contribution in [0.25, 0.3) is 11.3 Å². The third-order valence-corrected chi connectivity index (χ3v) is 3.78. The molecule has 2 aromatic heterocycles. The van der Waals surface area contributed by atoms with Crippen molar-refractivity contribution in [1.82, 2.24) is 9.97 Å². The molecule has 0 spiro atoms. The van der Waals surface area contributed by atoms with Crippen LogP contribution in [0, 0.1) is 10.1 Å². The Hall–Kier alpha value is -3.13. The number of aromatic nitrogens is 2. The zero-order chi connectivity index (χ0) is 16.2. The molecule has 0 saturated carbocycles. The van der Waals surface area contributed by atoms with Gasteiger partial charge in [0, 0.05) is 35.5 Å². The lowest BCUT2D eigenvalue weighted by atomic mass is 10.1. The Morgan fingerprint density at radius 1 is 1.22 bits per heavy atom. The number of carbonyl (C=O) groups excluding carboxylic acids is 1. The highest BCUT2D eigenvalue weighted by Gasteiger charge is 2.11. The molecule has 0 aliphatic rings. The summed E-state index contributed by atoms with van der Waals surface area (Å²) < 4.78 is 0. The normalized spacial score (nSPS) is 10.3. The van der Waals surface area contributed by atoms with Crippen LogP contribution in [0.4, 0.5) is 10.8 Å². The van der Waals surface area contributed by atoms with E-state index in [1.807, 2.05) is 0 Å². The number of nitro benzene ring substituents is 1. The molecule has 0 bridgehead atoms. The van der Waals surface area contributed by atoms with Crippen LogP contribution >= 0.6 is 11.3 Å². The molecular formula is C15H10N4O3S. The Kier molecular flexibility index (Phi) is 4.07. The van der Waals surface area contributed by atoms with Gasteiger partial charge in [0.15, 0.2) is 5.13 Å². The van der Waals surface area contributed by atoms with Gasteiger partial charge in [-0.05, 0) is 24.3 Å². The van der Waals surface area contributed by atoms with Gasteiger partial charge in [-0.15, -0.1) is 11.3 Å². The van der Waals surface area contributed by atoms with Gasteiger partial charge >= 0.3 is 0 Å². The highest BCUT2D eigenvalue weighted by molar-refractivity contribution is 7.14. The second-order valence-corrected chi connectivity index (χ2v) is 5.40. The molecule has 23 heavy (non-hydrogen) atoms. The molecule has 1 N–H and O–H groups in total. The molecule has 1 amide bonds. The van der Waals surface area contributed by atoms with Crippen molar-refractivity contribution in [3.05, 3.63) is 69.8 Å². The second-order valence-electron chi connectivity index (χ2n) is 4.54. The van der Waals surface area contributed by atoms with Gasteiger partial charge in [0.05, 0.1) is 16.2 Å². The molecule has 0 fully saturated rings. The number of nitrogens with zero attached hydrogens (tertiary/aromatic N) is 3. The molecule has 0 unspecified atom stereocenters. The van der Waals surface area contributed by atoms with Crippen molar-refractivity contribution in [3.63, 3.8) is 0 Å². The predicted octanol–water partition coefficient (Wildman–Crippen LogP) is 3.37. The Bertz CT molecular complexity index is 847. The number of anilines is 1. The van der Waals surface area contributed by atoms with Crippen LogP contribution in [-0.4, -0.2) is 20.8 Å². The molecule has 0 atom stereocenters. The number of hydrogen-bond acceptors (Lipinski definition) is 6. The number of thiazole rings is 1. The highest BCUT2D eigenvalue weighted by Crippen LogP contribution is 2.26. The quantitative estimate of drug-likeness (QED) is 0.585. The molecule has 8 heteroatoms. The summed E-state index contributed by atoms with van der Waals surface area (Å²) in [4.78, 5) is 30.4. The number of nitro groups is 1. The first-order valence-electron chi connectivity index (χ1n) is 6.55. The summed E-state index contributed by atoms with van der Waals surface area (Å²) >= 11 is 1.28. The van der Waals surface area contributed by atoms with E-state index in [1.54, 1.807) is 35.8 Å². The second kappa shape index (κ2) is 6.32. The first-order valence-corrected chi connectivity index (χ1v) is 7.43. The molecule has 1 aromatic carbocycles. The predicted molar refractivity (Wildman–Crippen MR) is 86.4 cm³/mol. The third-order valence-electron chi connectivity index (χ3n) is 3.02. The van der Waals surface area contributed by atoms with E-state index in [2.05, 4.69) is 15.3 Å². The van der Waals surface area contributed by atoms with Crippen LogP contribution in [0.15, 0.2) is 54.2 Å². The van der Waals surface area contributed by atoms with E-state index in [9.17, 15) is 14.9 Å². The molecule has 2 heterocycles. The van der Waals surface area contributed by atoms with E-state index < -0.39 is 4.92 Å². The van der Waals surface area contributed by atoms with Gasteiger partial charge < -0.3 is 0 Å². The van der Waals surface area contributed by atoms with Crippen LogP contribution in [0.5, 0.6) is 0 Å². The molecule has 0 saturated heterocycles. The summed E-state index contributed by atoms with van der Waals surface area (Å²) in [6.07, 6.45) is 3.06. The molecule has 0 aliphatic carbocycles.